The van der Waals surface area contributed by atoms with Crippen molar-refractivity contribution in [2.24, 2.45) is 7.05 Å². The topological polar surface area (TPSA) is 38.0 Å². The molecule has 0 saturated heterocycles. The summed E-state index contributed by atoms with van der Waals surface area (Å²) in [7, 11) is 1.80. The molecule has 0 saturated carbocycles. The van der Waals surface area contributed by atoms with Crippen LogP contribution >= 0.6 is 11.6 Å². The molecule has 0 radical (unpaired) electrons. The molecule has 1 aliphatic rings. The maximum absolute atomic E-state index is 10.4. The number of hydrogen-bond donors (Lipinski definition) is 1. The van der Waals surface area contributed by atoms with Gasteiger partial charge in [-0.3, -0.25) is 4.68 Å². The van der Waals surface area contributed by atoms with Crippen LogP contribution in [0.1, 0.15) is 28.8 Å². The predicted octanol–water partition coefficient (Wildman–Crippen LogP) is 2.45. The molecule has 3 rings (SSSR count). The van der Waals surface area contributed by atoms with Gasteiger partial charge < -0.3 is 5.11 Å². The summed E-state index contributed by atoms with van der Waals surface area (Å²) in [6.45, 7) is 0. The number of nitrogens with zero attached hydrogens (tertiary/aromatic N) is 2. The predicted molar refractivity (Wildman–Crippen MR) is 66.1 cm³/mol. The number of rotatable bonds is 2. The Bertz CT molecular complexity index is 545. The molecular formula is C13H13ClN2O. The molecule has 0 fully saturated rings. The Kier molecular flexibility index (Phi) is 2.45. The molecule has 4 heteroatoms. The van der Waals surface area contributed by atoms with Gasteiger partial charge in [0.1, 0.15) is 6.10 Å². The molecule has 88 valence electrons. The van der Waals surface area contributed by atoms with Gasteiger partial charge in [0, 0.05) is 13.0 Å². The summed E-state index contributed by atoms with van der Waals surface area (Å²) in [5.41, 5.74) is 3.23. The standard InChI is InChI=1S/C13H13ClN2O/c1-16-12(11(14)7-15-16)13(17)10-6-8-4-2-3-5-9(8)10/h2-5,7,10,13,17H,6H2,1H3. The number of fused-ring (bicyclic) bond motifs is 1. The molecule has 1 N–H and O–H groups in total. The Morgan fingerprint density at radius 2 is 2.24 bits per heavy atom. The highest BCUT2D eigenvalue weighted by Crippen LogP contribution is 2.44. The largest absolute Gasteiger partial charge is 0.386 e. The Labute approximate surface area is 105 Å². The van der Waals surface area contributed by atoms with E-state index in [2.05, 4.69) is 17.2 Å². The van der Waals surface area contributed by atoms with E-state index in [1.165, 1.54) is 11.1 Å². The maximum Gasteiger partial charge on any atom is 0.104 e. The molecule has 1 aromatic heterocycles. The number of benzene rings is 1. The first-order chi connectivity index (χ1) is 8.18. The minimum Gasteiger partial charge on any atom is -0.386 e. The number of aliphatic hydroxyl groups is 1. The molecular weight excluding hydrogens is 236 g/mol. The number of hydrogen-bond acceptors (Lipinski definition) is 2. The van der Waals surface area contributed by atoms with E-state index in [1.807, 2.05) is 12.1 Å². The fraction of sp³-hybridized carbons (Fsp3) is 0.308. The molecule has 2 aromatic rings. The first-order valence-electron chi connectivity index (χ1n) is 5.61. The second-order valence-corrected chi connectivity index (χ2v) is 4.86. The first kappa shape index (κ1) is 10.8. The molecule has 0 amide bonds. The zero-order valence-electron chi connectivity index (χ0n) is 9.47. The third-order valence-electron chi connectivity index (χ3n) is 3.49. The fourth-order valence-corrected chi connectivity index (χ4v) is 2.80. The summed E-state index contributed by atoms with van der Waals surface area (Å²) in [6.07, 6.45) is 1.90. The molecule has 2 unspecified atom stereocenters. The van der Waals surface area contributed by atoms with Crippen molar-refractivity contribution < 1.29 is 5.11 Å². The third-order valence-corrected chi connectivity index (χ3v) is 3.78. The van der Waals surface area contributed by atoms with Crippen molar-refractivity contribution >= 4 is 11.6 Å². The molecule has 1 aromatic carbocycles. The van der Waals surface area contributed by atoms with E-state index in [9.17, 15) is 5.11 Å². The van der Waals surface area contributed by atoms with Crippen molar-refractivity contribution in [1.29, 1.82) is 0 Å². The summed E-state index contributed by atoms with van der Waals surface area (Å²) >= 11 is 6.05. The lowest BCUT2D eigenvalue weighted by atomic mass is 9.74. The normalized spacial score (nSPS) is 19.6. The van der Waals surface area contributed by atoms with Gasteiger partial charge in [-0.05, 0) is 17.5 Å². The van der Waals surface area contributed by atoms with Crippen molar-refractivity contribution in [2.75, 3.05) is 0 Å². The minimum absolute atomic E-state index is 0.138. The number of aryl methyl sites for hydroxylation is 1. The van der Waals surface area contributed by atoms with E-state index in [-0.39, 0.29) is 5.92 Å². The number of aromatic nitrogens is 2. The van der Waals surface area contributed by atoms with Crippen molar-refractivity contribution in [3.63, 3.8) is 0 Å². The van der Waals surface area contributed by atoms with Crippen LogP contribution in [0, 0.1) is 0 Å². The minimum atomic E-state index is -0.579. The highest BCUT2D eigenvalue weighted by Gasteiger charge is 2.34. The van der Waals surface area contributed by atoms with Gasteiger partial charge in [0.25, 0.3) is 0 Å². The van der Waals surface area contributed by atoms with Crippen molar-refractivity contribution in [2.45, 2.75) is 18.4 Å². The average Bonchev–Trinajstić information content (AvgIpc) is 2.60. The molecule has 1 aliphatic carbocycles. The SMILES string of the molecule is Cn1ncc(Cl)c1C(O)C1Cc2ccccc21. The van der Waals surface area contributed by atoms with E-state index in [1.54, 1.807) is 17.9 Å². The van der Waals surface area contributed by atoms with Crippen LogP contribution in [0.25, 0.3) is 0 Å². The van der Waals surface area contributed by atoms with Crippen LogP contribution < -0.4 is 0 Å². The van der Waals surface area contributed by atoms with Crippen LogP contribution in [-0.2, 0) is 13.5 Å². The van der Waals surface area contributed by atoms with E-state index < -0.39 is 6.10 Å². The molecule has 0 spiro atoms. The van der Waals surface area contributed by atoms with Gasteiger partial charge in [-0.1, -0.05) is 35.9 Å². The van der Waals surface area contributed by atoms with Crippen LogP contribution in [0.3, 0.4) is 0 Å². The molecule has 17 heavy (non-hydrogen) atoms. The van der Waals surface area contributed by atoms with Crippen LogP contribution in [0.5, 0.6) is 0 Å². The highest BCUT2D eigenvalue weighted by molar-refractivity contribution is 6.31. The Morgan fingerprint density at radius 1 is 1.47 bits per heavy atom. The lowest BCUT2D eigenvalue weighted by molar-refractivity contribution is 0.126. The Balaban J connectivity index is 1.94. The van der Waals surface area contributed by atoms with Crippen LogP contribution in [0.2, 0.25) is 5.02 Å². The smallest absolute Gasteiger partial charge is 0.104 e. The van der Waals surface area contributed by atoms with Gasteiger partial charge in [-0.25, -0.2) is 0 Å². The van der Waals surface area contributed by atoms with Gasteiger partial charge >= 0.3 is 0 Å². The lowest BCUT2D eigenvalue weighted by Crippen LogP contribution is -2.25. The summed E-state index contributed by atoms with van der Waals surface area (Å²) in [6, 6.07) is 8.20. The summed E-state index contributed by atoms with van der Waals surface area (Å²) in [4.78, 5) is 0. The summed E-state index contributed by atoms with van der Waals surface area (Å²) < 4.78 is 1.65. The molecule has 2 atom stereocenters. The lowest BCUT2D eigenvalue weighted by Gasteiger charge is -2.33. The Morgan fingerprint density at radius 3 is 2.88 bits per heavy atom. The third kappa shape index (κ3) is 1.58. The molecule has 1 heterocycles. The maximum atomic E-state index is 10.4. The second-order valence-electron chi connectivity index (χ2n) is 4.46. The van der Waals surface area contributed by atoms with E-state index in [4.69, 9.17) is 11.6 Å². The second kappa shape index (κ2) is 3.86. The number of aliphatic hydroxyl groups excluding tert-OH is 1. The average molecular weight is 249 g/mol. The van der Waals surface area contributed by atoms with Gasteiger partial charge in [0.2, 0.25) is 0 Å². The molecule has 3 nitrogen and oxygen atoms in total. The Hall–Kier alpha value is -1.32. The summed E-state index contributed by atoms with van der Waals surface area (Å²) in [5.74, 6) is 0.138. The van der Waals surface area contributed by atoms with E-state index in [0.717, 1.165) is 6.42 Å². The highest BCUT2D eigenvalue weighted by atomic mass is 35.5. The van der Waals surface area contributed by atoms with E-state index >= 15 is 0 Å². The van der Waals surface area contributed by atoms with Gasteiger partial charge in [-0.15, -0.1) is 0 Å². The van der Waals surface area contributed by atoms with Crippen LogP contribution in [0.4, 0.5) is 0 Å². The van der Waals surface area contributed by atoms with Gasteiger partial charge in [0.05, 0.1) is 16.9 Å². The quantitative estimate of drug-likeness (QED) is 0.887. The van der Waals surface area contributed by atoms with Crippen molar-refractivity contribution in [3.8, 4) is 0 Å². The fourth-order valence-electron chi connectivity index (χ4n) is 2.52. The molecule has 0 aliphatic heterocycles. The zero-order valence-corrected chi connectivity index (χ0v) is 10.2. The van der Waals surface area contributed by atoms with E-state index in [0.29, 0.717) is 10.7 Å². The first-order valence-corrected chi connectivity index (χ1v) is 5.99. The van der Waals surface area contributed by atoms with Crippen LogP contribution in [0.15, 0.2) is 30.5 Å². The number of halogens is 1. The van der Waals surface area contributed by atoms with Crippen molar-refractivity contribution in [1.82, 2.24) is 9.78 Å². The van der Waals surface area contributed by atoms with Crippen LogP contribution in [-0.4, -0.2) is 14.9 Å². The van der Waals surface area contributed by atoms with Gasteiger partial charge in [0.15, 0.2) is 0 Å². The molecule has 0 bridgehead atoms. The monoisotopic (exact) mass is 248 g/mol. The van der Waals surface area contributed by atoms with Gasteiger partial charge in [-0.2, -0.15) is 5.10 Å². The zero-order chi connectivity index (χ0) is 12.0. The summed E-state index contributed by atoms with van der Waals surface area (Å²) in [5, 5.41) is 15.0. The van der Waals surface area contributed by atoms with Crippen molar-refractivity contribution in [3.05, 3.63) is 52.3 Å².